The number of phenols is 1. The van der Waals surface area contributed by atoms with Gasteiger partial charge in [0.2, 0.25) is 0 Å². The van der Waals surface area contributed by atoms with Gasteiger partial charge in [0, 0.05) is 22.5 Å². The molecule has 1 N–H and O–H groups in total. The first kappa shape index (κ1) is 24.0. The summed E-state index contributed by atoms with van der Waals surface area (Å²) in [5.74, 6) is 1.10. The summed E-state index contributed by atoms with van der Waals surface area (Å²) in [6.07, 6.45) is 6.15. The van der Waals surface area contributed by atoms with Crippen LogP contribution in [0, 0.1) is 6.92 Å². The number of aryl methyl sites for hydroxylation is 1. The van der Waals surface area contributed by atoms with E-state index < -0.39 is 0 Å². The minimum Gasteiger partial charge on any atom is -0.508 e. The molecule has 1 aliphatic heterocycles. The van der Waals surface area contributed by atoms with Gasteiger partial charge in [0.15, 0.2) is 0 Å². The molecular formula is C31H33NO4. The van der Waals surface area contributed by atoms with Gasteiger partial charge in [-0.2, -0.15) is 0 Å². The van der Waals surface area contributed by atoms with E-state index in [-0.39, 0.29) is 11.7 Å². The first-order valence-corrected chi connectivity index (χ1v) is 12.8. The minimum absolute atomic E-state index is 0.209. The second-order valence-corrected chi connectivity index (χ2v) is 9.66. The average molecular weight is 484 g/mol. The number of rotatable bonds is 2. The SMILES string of the molecule is COC(=O)c1ccc2c(C3CCCCC3)c3n(c2c1)CCOc1cc(O)ccc1-3.Cc1ccccc1. The van der Waals surface area contributed by atoms with Crippen molar-refractivity contribution in [2.24, 2.45) is 0 Å². The van der Waals surface area contributed by atoms with Gasteiger partial charge in [-0.1, -0.05) is 61.2 Å². The number of fused-ring (bicyclic) bond motifs is 5. The summed E-state index contributed by atoms with van der Waals surface area (Å²) in [4.78, 5) is 12.2. The van der Waals surface area contributed by atoms with Gasteiger partial charge in [-0.15, -0.1) is 0 Å². The number of aromatic nitrogens is 1. The average Bonchev–Trinajstić information content (AvgIpc) is 3.11. The number of hydrogen-bond donors (Lipinski definition) is 1. The first-order valence-electron chi connectivity index (χ1n) is 12.8. The van der Waals surface area contributed by atoms with Crippen molar-refractivity contribution in [1.29, 1.82) is 0 Å². The molecule has 2 aliphatic rings. The van der Waals surface area contributed by atoms with Crippen molar-refractivity contribution >= 4 is 16.9 Å². The van der Waals surface area contributed by atoms with Crippen LogP contribution in [0.5, 0.6) is 11.5 Å². The van der Waals surface area contributed by atoms with Gasteiger partial charge in [-0.05, 0) is 55.5 Å². The van der Waals surface area contributed by atoms with E-state index in [1.807, 2.05) is 36.4 Å². The van der Waals surface area contributed by atoms with Crippen LogP contribution in [0.4, 0.5) is 0 Å². The molecule has 6 rings (SSSR count). The van der Waals surface area contributed by atoms with Gasteiger partial charge in [0.25, 0.3) is 0 Å². The summed E-state index contributed by atoms with van der Waals surface area (Å²) in [5.41, 5.74) is 6.47. The van der Waals surface area contributed by atoms with Gasteiger partial charge >= 0.3 is 5.97 Å². The van der Waals surface area contributed by atoms with Crippen molar-refractivity contribution in [3.05, 3.63) is 83.4 Å². The minimum atomic E-state index is -0.322. The van der Waals surface area contributed by atoms with E-state index in [1.165, 1.54) is 61.4 Å². The zero-order valence-corrected chi connectivity index (χ0v) is 21.0. The molecule has 3 aromatic carbocycles. The molecule has 36 heavy (non-hydrogen) atoms. The van der Waals surface area contributed by atoms with Crippen molar-refractivity contribution in [2.75, 3.05) is 13.7 Å². The third-order valence-electron chi connectivity index (χ3n) is 7.27. The number of ether oxygens (including phenoxy) is 2. The van der Waals surface area contributed by atoms with Gasteiger partial charge in [0.05, 0.1) is 24.9 Å². The molecule has 4 aromatic rings. The molecule has 0 spiro atoms. The van der Waals surface area contributed by atoms with Crippen LogP contribution >= 0.6 is 0 Å². The quantitative estimate of drug-likeness (QED) is 0.305. The van der Waals surface area contributed by atoms with Crippen molar-refractivity contribution in [1.82, 2.24) is 4.57 Å². The van der Waals surface area contributed by atoms with Gasteiger partial charge in [0.1, 0.15) is 18.1 Å². The Labute approximate surface area is 212 Å². The Balaban J connectivity index is 0.000000330. The highest BCUT2D eigenvalue weighted by Gasteiger charge is 2.29. The fourth-order valence-electron chi connectivity index (χ4n) is 5.56. The highest BCUT2D eigenvalue weighted by molar-refractivity contribution is 5.99. The summed E-state index contributed by atoms with van der Waals surface area (Å²) >= 11 is 0. The lowest BCUT2D eigenvalue weighted by Gasteiger charge is -2.23. The fourth-order valence-corrected chi connectivity index (χ4v) is 5.56. The van der Waals surface area contributed by atoms with Crippen LogP contribution in [-0.4, -0.2) is 29.4 Å². The van der Waals surface area contributed by atoms with E-state index in [9.17, 15) is 9.90 Å². The number of esters is 1. The molecule has 0 radical (unpaired) electrons. The topological polar surface area (TPSA) is 60.7 Å². The Morgan fingerprint density at radius 3 is 2.47 bits per heavy atom. The van der Waals surface area contributed by atoms with Crippen LogP contribution in [0.15, 0.2) is 66.7 Å². The molecular weight excluding hydrogens is 450 g/mol. The van der Waals surface area contributed by atoms with Crippen molar-refractivity contribution in [3.8, 4) is 22.8 Å². The Kier molecular flexibility index (Phi) is 6.99. The summed E-state index contributed by atoms with van der Waals surface area (Å²) < 4.78 is 13.2. The second-order valence-electron chi connectivity index (χ2n) is 9.66. The van der Waals surface area contributed by atoms with Crippen LogP contribution in [-0.2, 0) is 11.3 Å². The van der Waals surface area contributed by atoms with Crippen molar-refractivity contribution in [2.45, 2.75) is 51.5 Å². The molecule has 2 heterocycles. The molecule has 1 fully saturated rings. The third kappa shape index (κ3) is 4.70. The van der Waals surface area contributed by atoms with Gasteiger partial charge in [-0.25, -0.2) is 4.79 Å². The molecule has 0 amide bonds. The lowest BCUT2D eigenvalue weighted by molar-refractivity contribution is 0.0601. The van der Waals surface area contributed by atoms with E-state index in [1.54, 1.807) is 12.1 Å². The number of aromatic hydroxyl groups is 1. The predicted molar refractivity (Wildman–Crippen MR) is 143 cm³/mol. The Bertz CT molecular complexity index is 1370. The van der Waals surface area contributed by atoms with E-state index >= 15 is 0 Å². The second kappa shape index (κ2) is 10.5. The molecule has 0 saturated heterocycles. The first-order chi connectivity index (χ1) is 17.6. The van der Waals surface area contributed by atoms with Crippen LogP contribution in [0.2, 0.25) is 0 Å². The predicted octanol–water partition coefficient (Wildman–Crippen LogP) is 7.24. The van der Waals surface area contributed by atoms with Crippen LogP contribution < -0.4 is 4.74 Å². The summed E-state index contributed by atoms with van der Waals surface area (Å²) in [6, 6.07) is 21.5. The van der Waals surface area contributed by atoms with Crippen LogP contribution in [0.3, 0.4) is 0 Å². The Morgan fingerprint density at radius 2 is 1.78 bits per heavy atom. The van der Waals surface area contributed by atoms with E-state index in [0.717, 1.165) is 16.8 Å². The number of benzene rings is 3. The lowest BCUT2D eigenvalue weighted by atomic mass is 9.81. The molecule has 5 nitrogen and oxygen atoms in total. The maximum absolute atomic E-state index is 12.2. The largest absolute Gasteiger partial charge is 0.508 e. The monoisotopic (exact) mass is 483 g/mol. The lowest BCUT2D eigenvalue weighted by Crippen LogP contribution is -2.07. The highest BCUT2D eigenvalue weighted by atomic mass is 16.5. The van der Waals surface area contributed by atoms with E-state index in [2.05, 4.69) is 29.7 Å². The van der Waals surface area contributed by atoms with E-state index in [4.69, 9.17) is 9.47 Å². The molecule has 0 atom stereocenters. The summed E-state index contributed by atoms with van der Waals surface area (Å²) in [6.45, 7) is 3.29. The number of phenolic OH excluding ortho intramolecular Hbond substituents is 1. The Hall–Kier alpha value is -3.73. The third-order valence-corrected chi connectivity index (χ3v) is 7.27. The van der Waals surface area contributed by atoms with Gasteiger partial charge in [-0.3, -0.25) is 0 Å². The standard InChI is InChI=1S/C24H25NO4.C7H8/c1-28-24(27)16-7-9-18-20(13-16)25-11-12-29-21-14-17(26)8-10-19(21)23(25)22(18)15-5-3-2-4-6-15;1-7-5-3-2-4-6-7/h7-10,13-15,26H,2-6,11-12H2,1H3;2-6H,1H3. The van der Waals surface area contributed by atoms with Gasteiger partial charge < -0.3 is 19.1 Å². The molecule has 1 aliphatic carbocycles. The van der Waals surface area contributed by atoms with E-state index in [0.29, 0.717) is 24.6 Å². The molecule has 5 heteroatoms. The maximum atomic E-state index is 12.2. The molecule has 0 unspecified atom stereocenters. The van der Waals surface area contributed by atoms with Crippen LogP contribution in [0.1, 0.15) is 59.5 Å². The number of carbonyl (C=O) groups is 1. The number of carbonyl (C=O) groups excluding carboxylic acids is 1. The number of methoxy groups -OCH3 is 1. The molecule has 0 bridgehead atoms. The summed E-state index contributed by atoms with van der Waals surface area (Å²) in [5, 5.41) is 11.2. The highest BCUT2D eigenvalue weighted by Crippen LogP contribution is 2.47. The fraction of sp³-hybridized carbons (Fsp3) is 0.323. The maximum Gasteiger partial charge on any atom is 0.337 e. The molecule has 1 saturated carbocycles. The van der Waals surface area contributed by atoms with Crippen molar-refractivity contribution in [3.63, 3.8) is 0 Å². The number of nitrogens with zero attached hydrogens (tertiary/aromatic N) is 1. The molecule has 1 aromatic heterocycles. The Morgan fingerprint density at radius 1 is 1.00 bits per heavy atom. The summed E-state index contributed by atoms with van der Waals surface area (Å²) in [7, 11) is 1.41. The normalized spacial score (nSPS) is 15.1. The zero-order chi connectivity index (χ0) is 25.1. The smallest absolute Gasteiger partial charge is 0.337 e. The van der Waals surface area contributed by atoms with Crippen LogP contribution in [0.25, 0.3) is 22.2 Å². The van der Waals surface area contributed by atoms with Crippen molar-refractivity contribution < 1.29 is 19.4 Å². The molecule has 186 valence electrons. The number of hydrogen-bond acceptors (Lipinski definition) is 4. The zero-order valence-electron chi connectivity index (χ0n) is 21.0.